The van der Waals surface area contributed by atoms with Crippen molar-refractivity contribution in [2.45, 2.75) is 77.0 Å². The van der Waals surface area contributed by atoms with Crippen molar-refractivity contribution in [3.63, 3.8) is 0 Å². The Hall–Kier alpha value is -2.55. The molecule has 3 atom stereocenters. The van der Waals surface area contributed by atoms with E-state index in [2.05, 4.69) is 79.9 Å². The fourth-order valence-electron chi connectivity index (χ4n) is 4.77. The molecule has 0 bridgehead atoms. The summed E-state index contributed by atoms with van der Waals surface area (Å²) in [7, 11) is 0.798. The Labute approximate surface area is 181 Å². The van der Waals surface area contributed by atoms with Gasteiger partial charge in [0.1, 0.15) is 16.6 Å². The lowest BCUT2D eigenvalue weighted by atomic mass is 9.62. The molecular weight excluding hydrogens is 392 g/mol. The van der Waals surface area contributed by atoms with E-state index in [9.17, 15) is 0 Å². The number of aromatic nitrogens is 2. The Bertz CT molecular complexity index is 915. The van der Waals surface area contributed by atoms with Gasteiger partial charge in [0.05, 0.1) is 22.8 Å². The third-order valence-corrected chi connectivity index (χ3v) is 9.62. The molecule has 0 aromatic carbocycles. The number of aromatic amines is 1. The maximum absolute atomic E-state index is 4.66. The summed E-state index contributed by atoms with van der Waals surface area (Å²) in [5.41, 5.74) is 3.51. The zero-order valence-corrected chi connectivity index (χ0v) is 21.4. The molecule has 4 rings (SSSR count). The van der Waals surface area contributed by atoms with E-state index in [1.165, 1.54) is 0 Å². The van der Waals surface area contributed by atoms with E-state index >= 15 is 0 Å². The molecule has 8 nitrogen and oxygen atoms in total. The highest BCUT2D eigenvalue weighted by Gasteiger charge is 2.66. The largest absolute Gasteiger partial charge is 0.283 e. The van der Waals surface area contributed by atoms with Gasteiger partial charge in [-0.15, -0.1) is 0 Å². The summed E-state index contributed by atoms with van der Waals surface area (Å²) in [6.45, 7) is 16.3. The molecule has 4 heterocycles. The summed E-state index contributed by atoms with van der Waals surface area (Å²) in [6.07, 6.45) is 6.43. The van der Waals surface area contributed by atoms with Crippen LogP contribution in [0.1, 0.15) is 52.9 Å². The highest BCUT2D eigenvalue weighted by atomic mass is 28.1. The average molecular weight is 425 g/mol. The molecule has 160 valence electrons. The minimum atomic E-state index is -0.493. The molecular formula is C21H32N8Si. The Morgan fingerprint density at radius 2 is 1.10 bits per heavy atom. The van der Waals surface area contributed by atoms with Gasteiger partial charge in [-0.1, -0.05) is 0 Å². The van der Waals surface area contributed by atoms with Crippen molar-refractivity contribution in [3.8, 4) is 0 Å². The SMILES string of the molecule is CC1=CC(C)(C([SiH3])(C2(C)C=C(C)N=N2)C2(C)C=C(C)N=N2)N=N1.Cc1cc(C)[nH]n1. The fraction of sp³-hybridized carbons (Fsp3) is 0.571. The van der Waals surface area contributed by atoms with E-state index in [1.807, 2.05) is 40.7 Å². The Morgan fingerprint density at radius 1 is 0.733 bits per heavy atom. The van der Waals surface area contributed by atoms with Gasteiger partial charge in [0.2, 0.25) is 0 Å². The molecule has 0 spiro atoms. The van der Waals surface area contributed by atoms with Crippen molar-refractivity contribution in [1.29, 1.82) is 0 Å². The molecule has 3 aliphatic heterocycles. The van der Waals surface area contributed by atoms with Gasteiger partial charge in [-0.05, 0) is 79.7 Å². The maximum atomic E-state index is 4.66. The lowest BCUT2D eigenvalue weighted by Gasteiger charge is -2.54. The van der Waals surface area contributed by atoms with Gasteiger partial charge < -0.3 is 0 Å². The molecule has 0 saturated heterocycles. The molecule has 0 fully saturated rings. The van der Waals surface area contributed by atoms with Gasteiger partial charge in [0.25, 0.3) is 0 Å². The molecule has 3 unspecified atom stereocenters. The third-order valence-electron chi connectivity index (χ3n) is 6.59. The number of azo groups is 3. The predicted octanol–water partition coefficient (Wildman–Crippen LogP) is 4.92. The summed E-state index contributed by atoms with van der Waals surface area (Å²) < 4.78 is 0. The van der Waals surface area contributed by atoms with Crippen LogP contribution in [0.2, 0.25) is 5.04 Å². The van der Waals surface area contributed by atoms with Gasteiger partial charge in [0, 0.05) is 21.0 Å². The lowest BCUT2D eigenvalue weighted by Crippen LogP contribution is -2.60. The van der Waals surface area contributed by atoms with Crippen LogP contribution < -0.4 is 0 Å². The van der Waals surface area contributed by atoms with Crippen molar-refractivity contribution in [1.82, 2.24) is 10.2 Å². The minimum absolute atomic E-state index is 0.378. The summed E-state index contributed by atoms with van der Waals surface area (Å²) in [5, 5.41) is 33.3. The topological polar surface area (TPSA) is 103 Å². The minimum Gasteiger partial charge on any atom is -0.283 e. The number of H-pyrrole nitrogens is 1. The van der Waals surface area contributed by atoms with Crippen molar-refractivity contribution in [3.05, 3.63) is 52.8 Å². The van der Waals surface area contributed by atoms with Gasteiger partial charge >= 0.3 is 0 Å². The van der Waals surface area contributed by atoms with E-state index in [0.717, 1.165) is 38.7 Å². The smallest absolute Gasteiger partial charge is 0.107 e. The molecule has 0 saturated carbocycles. The van der Waals surface area contributed by atoms with E-state index in [-0.39, 0.29) is 5.04 Å². The number of aryl methyl sites for hydroxylation is 2. The highest BCUT2D eigenvalue weighted by Crippen LogP contribution is 2.63. The van der Waals surface area contributed by atoms with Crippen molar-refractivity contribution < 1.29 is 0 Å². The van der Waals surface area contributed by atoms with E-state index in [0.29, 0.717) is 0 Å². The van der Waals surface area contributed by atoms with Crippen LogP contribution in [0.25, 0.3) is 0 Å². The van der Waals surface area contributed by atoms with Crippen molar-refractivity contribution >= 4 is 10.2 Å². The lowest BCUT2D eigenvalue weighted by molar-refractivity contribution is 0.201. The van der Waals surface area contributed by atoms with Crippen LogP contribution in [0.4, 0.5) is 0 Å². The van der Waals surface area contributed by atoms with Crippen LogP contribution in [-0.2, 0) is 0 Å². The summed E-state index contributed by atoms with van der Waals surface area (Å²) in [6, 6.07) is 2.00. The van der Waals surface area contributed by atoms with Crippen LogP contribution in [0.5, 0.6) is 0 Å². The molecule has 3 aliphatic rings. The van der Waals surface area contributed by atoms with E-state index < -0.39 is 16.6 Å². The fourth-order valence-corrected chi connectivity index (χ4v) is 5.50. The van der Waals surface area contributed by atoms with Crippen LogP contribution in [-0.4, -0.2) is 37.1 Å². The molecule has 1 aromatic rings. The Morgan fingerprint density at radius 3 is 1.27 bits per heavy atom. The van der Waals surface area contributed by atoms with Crippen LogP contribution in [0, 0.1) is 13.8 Å². The molecule has 0 aliphatic carbocycles. The second kappa shape index (κ2) is 7.30. The first-order valence-electron chi connectivity index (χ1n) is 10.2. The van der Waals surface area contributed by atoms with Gasteiger partial charge in [-0.2, -0.15) is 35.8 Å². The van der Waals surface area contributed by atoms with Gasteiger partial charge in [-0.3, -0.25) is 5.10 Å². The van der Waals surface area contributed by atoms with E-state index in [1.54, 1.807) is 0 Å². The molecule has 30 heavy (non-hydrogen) atoms. The molecule has 1 N–H and O–H groups in total. The molecule has 9 heteroatoms. The standard InChI is InChI=1S/C16H24N6Si.C5H8N2/c1-10-7-13(4,20-17-10)16(23,14(5)8-11(2)18-21-14)15(6)9-12(3)19-22-15;1-4-3-5(2)7-6-4/h7-9H,1-6,23H3;3H,1-2H3,(H,6,7). The number of nitrogens with zero attached hydrogens (tertiary/aromatic N) is 7. The van der Waals surface area contributed by atoms with Gasteiger partial charge in [-0.25, -0.2) is 0 Å². The Kier molecular flexibility index (Phi) is 5.38. The van der Waals surface area contributed by atoms with E-state index in [4.69, 9.17) is 0 Å². The second-order valence-corrected chi connectivity index (χ2v) is 10.7. The first-order valence-corrected chi connectivity index (χ1v) is 11.2. The molecule has 0 amide bonds. The van der Waals surface area contributed by atoms with Crippen LogP contribution in [0.3, 0.4) is 0 Å². The number of allylic oxidation sites excluding steroid dienone is 3. The van der Waals surface area contributed by atoms with Crippen molar-refractivity contribution in [2.75, 3.05) is 0 Å². The number of nitrogens with one attached hydrogen (secondary N) is 1. The monoisotopic (exact) mass is 424 g/mol. The first-order chi connectivity index (χ1) is 13.8. The second-order valence-electron chi connectivity index (χ2n) is 9.22. The number of hydrogen-bond donors (Lipinski definition) is 1. The maximum Gasteiger partial charge on any atom is 0.107 e. The van der Waals surface area contributed by atoms with Crippen LogP contribution in [0.15, 0.2) is 72.1 Å². The zero-order chi connectivity index (χ0) is 22.4. The summed E-state index contributed by atoms with van der Waals surface area (Å²) in [4.78, 5) is 0. The predicted molar refractivity (Wildman–Crippen MR) is 122 cm³/mol. The first kappa shape index (κ1) is 22.1. The molecule has 0 radical (unpaired) electrons. The summed E-state index contributed by atoms with van der Waals surface area (Å²) >= 11 is 0. The average Bonchev–Trinajstić information content (AvgIpc) is 3.39. The highest BCUT2D eigenvalue weighted by molar-refractivity contribution is 6.19. The quantitative estimate of drug-likeness (QED) is 0.684. The zero-order valence-electron chi connectivity index (χ0n) is 19.4. The normalized spacial score (nSPS) is 33.8. The van der Waals surface area contributed by atoms with Gasteiger partial charge in [0.15, 0.2) is 0 Å². The molecule has 1 aromatic heterocycles. The number of hydrogen-bond acceptors (Lipinski definition) is 7. The summed E-state index contributed by atoms with van der Waals surface area (Å²) in [5.74, 6) is 0. The third kappa shape index (κ3) is 3.44. The number of rotatable bonds is 3. The Balaban J connectivity index is 0.000000310. The van der Waals surface area contributed by atoms with Crippen LogP contribution >= 0.6 is 0 Å². The van der Waals surface area contributed by atoms with Crippen molar-refractivity contribution in [2.24, 2.45) is 30.7 Å².